The average molecular weight is 353 g/mol. The molecule has 2 N–H and O–H groups in total. The Morgan fingerprint density at radius 2 is 1.74 bits per heavy atom. The van der Waals surface area contributed by atoms with Crippen LogP contribution in [-0.4, -0.2) is 21.3 Å². The van der Waals surface area contributed by atoms with Crippen LogP contribution in [0.2, 0.25) is 0 Å². The number of rotatable bonds is 5. The average Bonchev–Trinajstić information content (AvgIpc) is 3.02. The summed E-state index contributed by atoms with van der Waals surface area (Å²) in [5.41, 5.74) is 5.82. The Morgan fingerprint density at radius 1 is 1.00 bits per heavy atom. The van der Waals surface area contributed by atoms with E-state index in [9.17, 15) is 5.11 Å². The lowest BCUT2D eigenvalue weighted by Crippen LogP contribution is -1.87. The minimum absolute atomic E-state index is 0.115. The fourth-order valence-corrected chi connectivity index (χ4v) is 3.06. The maximum Gasteiger partial charge on any atom is 0.198 e. The van der Waals surface area contributed by atoms with Gasteiger partial charge in [-0.05, 0) is 53.4 Å². The van der Waals surface area contributed by atoms with E-state index in [2.05, 4.69) is 33.7 Å². The summed E-state index contributed by atoms with van der Waals surface area (Å²) in [6.07, 6.45) is 7.94. The highest BCUT2D eigenvalue weighted by Gasteiger charge is 2.08. The smallest absolute Gasteiger partial charge is 0.198 e. The molecule has 132 valence electrons. The SMILES string of the molecule is C=Cc1ccc2c(C=Nc3ccc(Cc4ccncc4)cc3)c(O)[nH]c2c1. The van der Waals surface area contributed by atoms with Crippen molar-refractivity contribution in [2.45, 2.75) is 6.42 Å². The number of aromatic amines is 1. The van der Waals surface area contributed by atoms with E-state index in [4.69, 9.17) is 0 Å². The van der Waals surface area contributed by atoms with Crippen LogP contribution in [-0.2, 0) is 6.42 Å². The minimum Gasteiger partial charge on any atom is -0.494 e. The number of aliphatic imine (C=N–C) groups is 1. The molecule has 0 saturated carbocycles. The monoisotopic (exact) mass is 353 g/mol. The summed E-state index contributed by atoms with van der Waals surface area (Å²) in [6, 6.07) is 18.0. The zero-order chi connectivity index (χ0) is 18.6. The van der Waals surface area contributed by atoms with Crippen molar-refractivity contribution in [3.63, 3.8) is 0 Å². The first kappa shape index (κ1) is 16.8. The second-order valence-electron chi connectivity index (χ2n) is 6.35. The van der Waals surface area contributed by atoms with Gasteiger partial charge in [-0.15, -0.1) is 0 Å². The Hall–Kier alpha value is -3.66. The third-order valence-corrected chi connectivity index (χ3v) is 4.51. The van der Waals surface area contributed by atoms with Crippen LogP contribution in [0.5, 0.6) is 5.88 Å². The number of fused-ring (bicyclic) bond motifs is 1. The van der Waals surface area contributed by atoms with Gasteiger partial charge in [0.2, 0.25) is 0 Å². The van der Waals surface area contributed by atoms with Gasteiger partial charge in [0, 0.05) is 29.5 Å². The molecule has 0 bridgehead atoms. The minimum atomic E-state index is 0.115. The van der Waals surface area contributed by atoms with Gasteiger partial charge < -0.3 is 10.1 Å². The summed E-state index contributed by atoms with van der Waals surface area (Å²) in [6.45, 7) is 3.77. The molecule has 0 spiro atoms. The first-order chi connectivity index (χ1) is 13.2. The highest BCUT2D eigenvalue weighted by atomic mass is 16.3. The Kier molecular flexibility index (Phi) is 4.54. The van der Waals surface area contributed by atoms with Crippen LogP contribution in [0.15, 0.2) is 78.6 Å². The zero-order valence-electron chi connectivity index (χ0n) is 14.8. The topological polar surface area (TPSA) is 61.3 Å². The third-order valence-electron chi connectivity index (χ3n) is 4.51. The molecule has 4 heteroatoms. The van der Waals surface area contributed by atoms with Crippen molar-refractivity contribution < 1.29 is 5.11 Å². The highest BCUT2D eigenvalue weighted by Crippen LogP contribution is 2.27. The Morgan fingerprint density at radius 3 is 2.48 bits per heavy atom. The van der Waals surface area contributed by atoms with Crippen LogP contribution in [0.3, 0.4) is 0 Å². The maximum atomic E-state index is 10.2. The van der Waals surface area contributed by atoms with E-state index in [1.165, 1.54) is 11.1 Å². The first-order valence-electron chi connectivity index (χ1n) is 8.72. The molecule has 0 aliphatic carbocycles. The van der Waals surface area contributed by atoms with Crippen molar-refractivity contribution in [3.05, 3.63) is 95.8 Å². The van der Waals surface area contributed by atoms with Gasteiger partial charge >= 0.3 is 0 Å². The third kappa shape index (κ3) is 3.65. The van der Waals surface area contributed by atoms with Gasteiger partial charge in [-0.2, -0.15) is 0 Å². The number of aromatic hydroxyl groups is 1. The molecule has 2 aromatic heterocycles. The normalized spacial score (nSPS) is 11.3. The molecule has 0 amide bonds. The fraction of sp³-hybridized carbons (Fsp3) is 0.0435. The molecular formula is C23H19N3O. The predicted molar refractivity (Wildman–Crippen MR) is 111 cm³/mol. The number of benzene rings is 2. The van der Waals surface area contributed by atoms with Crippen molar-refractivity contribution in [2.75, 3.05) is 0 Å². The van der Waals surface area contributed by atoms with Crippen LogP contribution in [0.25, 0.3) is 17.0 Å². The quantitative estimate of drug-likeness (QED) is 0.481. The molecule has 0 aliphatic heterocycles. The summed E-state index contributed by atoms with van der Waals surface area (Å²) in [5, 5.41) is 11.1. The molecular weight excluding hydrogens is 334 g/mol. The molecule has 0 aliphatic rings. The largest absolute Gasteiger partial charge is 0.494 e. The van der Waals surface area contributed by atoms with Crippen molar-refractivity contribution in [2.24, 2.45) is 4.99 Å². The summed E-state index contributed by atoms with van der Waals surface area (Å²) in [5.74, 6) is 0.115. The molecule has 2 aromatic carbocycles. The molecule has 4 aromatic rings. The Balaban J connectivity index is 1.55. The zero-order valence-corrected chi connectivity index (χ0v) is 14.8. The fourth-order valence-electron chi connectivity index (χ4n) is 3.06. The van der Waals surface area contributed by atoms with Crippen LogP contribution in [0.4, 0.5) is 5.69 Å². The standard InChI is InChI=1S/C23H19N3O/c1-2-16-5-8-20-21(23(27)26-22(20)14-16)15-25-19-6-3-17(4-7-19)13-18-9-11-24-12-10-18/h2-12,14-15,26-27H,1,13H2. The van der Waals surface area contributed by atoms with Gasteiger partial charge in [0.25, 0.3) is 0 Å². The van der Waals surface area contributed by atoms with Crippen molar-refractivity contribution in [3.8, 4) is 5.88 Å². The lowest BCUT2D eigenvalue weighted by atomic mass is 10.1. The van der Waals surface area contributed by atoms with E-state index in [0.717, 1.165) is 28.6 Å². The lowest BCUT2D eigenvalue weighted by Gasteiger charge is -2.02. The van der Waals surface area contributed by atoms with Gasteiger partial charge in [0.15, 0.2) is 5.88 Å². The van der Waals surface area contributed by atoms with E-state index in [0.29, 0.717) is 5.56 Å². The van der Waals surface area contributed by atoms with Gasteiger partial charge in [-0.3, -0.25) is 9.98 Å². The number of hydrogen-bond donors (Lipinski definition) is 2. The van der Waals surface area contributed by atoms with E-state index in [1.807, 2.05) is 42.5 Å². The number of aromatic nitrogens is 2. The Bertz CT molecular complexity index is 1110. The molecule has 0 radical (unpaired) electrons. The van der Waals surface area contributed by atoms with Crippen molar-refractivity contribution >= 4 is 28.9 Å². The van der Waals surface area contributed by atoms with Gasteiger partial charge in [0.1, 0.15) is 0 Å². The molecule has 4 nitrogen and oxygen atoms in total. The van der Waals surface area contributed by atoms with E-state index >= 15 is 0 Å². The van der Waals surface area contributed by atoms with Gasteiger partial charge in [-0.1, -0.05) is 36.9 Å². The molecule has 0 unspecified atom stereocenters. The summed E-state index contributed by atoms with van der Waals surface area (Å²) in [4.78, 5) is 11.5. The number of nitrogens with one attached hydrogen (secondary N) is 1. The maximum absolute atomic E-state index is 10.2. The second-order valence-corrected chi connectivity index (χ2v) is 6.35. The van der Waals surface area contributed by atoms with Crippen LogP contribution in [0, 0.1) is 0 Å². The molecule has 27 heavy (non-hydrogen) atoms. The van der Waals surface area contributed by atoms with Crippen molar-refractivity contribution in [1.82, 2.24) is 9.97 Å². The molecule has 2 heterocycles. The van der Waals surface area contributed by atoms with Gasteiger partial charge in [-0.25, -0.2) is 0 Å². The summed E-state index contributed by atoms with van der Waals surface area (Å²) in [7, 11) is 0. The molecule has 4 rings (SSSR count). The van der Waals surface area contributed by atoms with E-state index in [-0.39, 0.29) is 5.88 Å². The second kappa shape index (κ2) is 7.30. The number of pyridine rings is 1. The van der Waals surface area contributed by atoms with Crippen molar-refractivity contribution in [1.29, 1.82) is 0 Å². The lowest BCUT2D eigenvalue weighted by molar-refractivity contribution is 0.457. The van der Waals surface area contributed by atoms with Crippen LogP contribution in [0.1, 0.15) is 22.3 Å². The number of H-pyrrole nitrogens is 1. The highest BCUT2D eigenvalue weighted by molar-refractivity contribution is 6.03. The molecule has 0 fully saturated rings. The molecule has 0 saturated heterocycles. The first-order valence-corrected chi connectivity index (χ1v) is 8.72. The number of nitrogens with zero attached hydrogens (tertiary/aromatic N) is 2. The van der Waals surface area contributed by atoms with Crippen LogP contribution < -0.4 is 0 Å². The number of hydrogen-bond acceptors (Lipinski definition) is 3. The van der Waals surface area contributed by atoms with Crippen LogP contribution >= 0.6 is 0 Å². The molecule has 0 atom stereocenters. The summed E-state index contributed by atoms with van der Waals surface area (Å²) < 4.78 is 0. The predicted octanol–water partition coefficient (Wildman–Crippen LogP) is 5.25. The Labute approximate surface area is 157 Å². The van der Waals surface area contributed by atoms with E-state index < -0.39 is 0 Å². The van der Waals surface area contributed by atoms with E-state index in [1.54, 1.807) is 24.7 Å². The van der Waals surface area contributed by atoms with Gasteiger partial charge in [0.05, 0.1) is 11.3 Å². The summed E-state index contributed by atoms with van der Waals surface area (Å²) >= 11 is 0.